The number of hydrogen-bond donors (Lipinski definition) is 0. The second-order valence-electron chi connectivity index (χ2n) is 5.68. The highest BCUT2D eigenvalue weighted by Gasteiger charge is 2.20. The van der Waals surface area contributed by atoms with Crippen molar-refractivity contribution >= 4 is 5.91 Å². The van der Waals surface area contributed by atoms with Crippen LogP contribution in [0.25, 0.3) is 0 Å². The van der Waals surface area contributed by atoms with Gasteiger partial charge in [-0.2, -0.15) is 0 Å². The molecule has 1 aromatic rings. The molecule has 0 bridgehead atoms. The molecule has 0 aromatic heterocycles. The minimum Gasteiger partial charge on any atom is -0.494 e. The van der Waals surface area contributed by atoms with Crippen LogP contribution in [0.3, 0.4) is 0 Å². The van der Waals surface area contributed by atoms with Gasteiger partial charge in [-0.3, -0.25) is 4.79 Å². The van der Waals surface area contributed by atoms with Crippen LogP contribution in [0.15, 0.2) is 24.3 Å². The molecule has 1 aliphatic carbocycles. The standard InChI is InChI=1S/C17H25NO2/c1-3-20-16-10-8-15(9-11-16)13-18(2)17(19)12-14-6-4-5-7-14/h8-11,14H,3-7,12-13H2,1-2H3. The van der Waals surface area contributed by atoms with Crippen molar-refractivity contribution in [2.75, 3.05) is 13.7 Å². The van der Waals surface area contributed by atoms with Crippen molar-refractivity contribution < 1.29 is 9.53 Å². The maximum Gasteiger partial charge on any atom is 0.222 e. The fourth-order valence-electron chi connectivity index (χ4n) is 2.84. The van der Waals surface area contributed by atoms with Gasteiger partial charge in [0.05, 0.1) is 6.61 Å². The topological polar surface area (TPSA) is 29.5 Å². The molecule has 0 atom stereocenters. The molecule has 1 saturated carbocycles. The zero-order chi connectivity index (χ0) is 14.4. The second kappa shape index (κ2) is 7.32. The quantitative estimate of drug-likeness (QED) is 0.793. The molecule has 0 radical (unpaired) electrons. The Kier molecular flexibility index (Phi) is 5.45. The van der Waals surface area contributed by atoms with E-state index in [0.29, 0.717) is 25.5 Å². The molecule has 3 heteroatoms. The van der Waals surface area contributed by atoms with Gasteiger partial charge in [0, 0.05) is 20.0 Å². The molecule has 0 spiro atoms. The molecule has 0 heterocycles. The summed E-state index contributed by atoms with van der Waals surface area (Å²) in [7, 11) is 1.90. The molecule has 0 unspecified atom stereocenters. The third-order valence-electron chi connectivity index (χ3n) is 4.02. The zero-order valence-electron chi connectivity index (χ0n) is 12.6. The first kappa shape index (κ1) is 14.9. The number of carbonyl (C=O) groups excluding carboxylic acids is 1. The fourth-order valence-corrected chi connectivity index (χ4v) is 2.84. The highest BCUT2D eigenvalue weighted by Crippen LogP contribution is 2.28. The lowest BCUT2D eigenvalue weighted by Gasteiger charge is -2.19. The predicted molar refractivity (Wildman–Crippen MR) is 80.7 cm³/mol. The van der Waals surface area contributed by atoms with Gasteiger partial charge in [0.2, 0.25) is 5.91 Å². The van der Waals surface area contributed by atoms with Crippen molar-refractivity contribution in [2.45, 2.75) is 45.6 Å². The van der Waals surface area contributed by atoms with E-state index in [9.17, 15) is 4.79 Å². The summed E-state index contributed by atoms with van der Waals surface area (Å²) in [6, 6.07) is 8.00. The molecule has 3 nitrogen and oxygen atoms in total. The summed E-state index contributed by atoms with van der Waals surface area (Å²) >= 11 is 0. The molecule has 0 aliphatic heterocycles. The largest absolute Gasteiger partial charge is 0.494 e. The molecular weight excluding hydrogens is 250 g/mol. The second-order valence-corrected chi connectivity index (χ2v) is 5.68. The van der Waals surface area contributed by atoms with Gasteiger partial charge in [0.25, 0.3) is 0 Å². The molecule has 0 N–H and O–H groups in total. The van der Waals surface area contributed by atoms with Crippen LogP contribution in [-0.4, -0.2) is 24.5 Å². The lowest BCUT2D eigenvalue weighted by atomic mass is 10.0. The van der Waals surface area contributed by atoms with Crippen LogP contribution in [0.4, 0.5) is 0 Å². The Hall–Kier alpha value is -1.51. The van der Waals surface area contributed by atoms with Gasteiger partial charge in [-0.25, -0.2) is 0 Å². The molecule has 0 saturated heterocycles. The number of amides is 1. The number of benzene rings is 1. The van der Waals surface area contributed by atoms with E-state index >= 15 is 0 Å². The van der Waals surface area contributed by atoms with Gasteiger partial charge in [-0.1, -0.05) is 25.0 Å². The number of rotatable bonds is 6. The predicted octanol–water partition coefficient (Wildman–Crippen LogP) is 3.62. The van der Waals surface area contributed by atoms with Crippen LogP contribution >= 0.6 is 0 Å². The van der Waals surface area contributed by atoms with Crippen LogP contribution in [0.2, 0.25) is 0 Å². The van der Waals surface area contributed by atoms with Gasteiger partial charge in [0.1, 0.15) is 5.75 Å². The van der Waals surface area contributed by atoms with E-state index in [-0.39, 0.29) is 5.91 Å². The summed E-state index contributed by atoms with van der Waals surface area (Å²) < 4.78 is 5.42. The van der Waals surface area contributed by atoms with Gasteiger partial charge in [-0.15, -0.1) is 0 Å². The Morgan fingerprint density at radius 3 is 2.50 bits per heavy atom. The SMILES string of the molecule is CCOc1ccc(CN(C)C(=O)CC2CCCC2)cc1. The summed E-state index contributed by atoms with van der Waals surface area (Å²) in [5, 5.41) is 0. The summed E-state index contributed by atoms with van der Waals surface area (Å²) in [6.45, 7) is 3.33. The Labute approximate surface area is 121 Å². The van der Waals surface area contributed by atoms with Crippen molar-refractivity contribution in [3.05, 3.63) is 29.8 Å². The molecule has 110 valence electrons. The van der Waals surface area contributed by atoms with E-state index in [4.69, 9.17) is 4.74 Å². The minimum atomic E-state index is 0.269. The summed E-state index contributed by atoms with van der Waals surface area (Å²) in [5.41, 5.74) is 1.15. The lowest BCUT2D eigenvalue weighted by Crippen LogP contribution is -2.27. The van der Waals surface area contributed by atoms with E-state index < -0.39 is 0 Å². The highest BCUT2D eigenvalue weighted by molar-refractivity contribution is 5.76. The summed E-state index contributed by atoms with van der Waals surface area (Å²) in [6.07, 6.45) is 5.75. The van der Waals surface area contributed by atoms with Crippen molar-refractivity contribution in [3.63, 3.8) is 0 Å². The van der Waals surface area contributed by atoms with Crippen molar-refractivity contribution in [3.8, 4) is 5.75 Å². The number of nitrogens with zero attached hydrogens (tertiary/aromatic N) is 1. The van der Waals surface area contributed by atoms with E-state index in [2.05, 4.69) is 0 Å². The normalized spacial score (nSPS) is 15.3. The van der Waals surface area contributed by atoms with Gasteiger partial charge >= 0.3 is 0 Å². The smallest absolute Gasteiger partial charge is 0.222 e. The van der Waals surface area contributed by atoms with Crippen molar-refractivity contribution in [1.82, 2.24) is 4.90 Å². The Bertz CT molecular complexity index is 421. The van der Waals surface area contributed by atoms with Gasteiger partial charge in [-0.05, 0) is 43.4 Å². The van der Waals surface area contributed by atoms with Gasteiger partial charge < -0.3 is 9.64 Å². The van der Waals surface area contributed by atoms with Crippen LogP contribution in [0, 0.1) is 5.92 Å². The summed E-state index contributed by atoms with van der Waals surface area (Å²) in [5.74, 6) is 1.77. The van der Waals surface area contributed by atoms with Crippen molar-refractivity contribution in [2.24, 2.45) is 5.92 Å². The van der Waals surface area contributed by atoms with Crippen LogP contribution in [-0.2, 0) is 11.3 Å². The molecule has 1 fully saturated rings. The minimum absolute atomic E-state index is 0.269. The van der Waals surface area contributed by atoms with E-state index in [1.165, 1.54) is 25.7 Å². The van der Waals surface area contributed by atoms with Crippen molar-refractivity contribution in [1.29, 1.82) is 0 Å². The molecule has 1 aromatic carbocycles. The zero-order valence-corrected chi connectivity index (χ0v) is 12.6. The third kappa shape index (κ3) is 4.26. The number of ether oxygens (including phenoxy) is 1. The average Bonchev–Trinajstić information content (AvgIpc) is 2.94. The van der Waals surface area contributed by atoms with Crippen LogP contribution in [0.1, 0.15) is 44.6 Å². The lowest BCUT2D eigenvalue weighted by molar-refractivity contribution is -0.131. The molecule has 1 amide bonds. The monoisotopic (exact) mass is 275 g/mol. The van der Waals surface area contributed by atoms with E-state index in [1.807, 2.05) is 43.1 Å². The Balaban J connectivity index is 1.83. The number of hydrogen-bond acceptors (Lipinski definition) is 2. The van der Waals surface area contributed by atoms with Gasteiger partial charge in [0.15, 0.2) is 0 Å². The van der Waals surface area contributed by atoms with E-state index in [0.717, 1.165) is 11.3 Å². The molecule has 2 rings (SSSR count). The van der Waals surface area contributed by atoms with Crippen LogP contribution in [0.5, 0.6) is 5.75 Å². The Morgan fingerprint density at radius 1 is 1.25 bits per heavy atom. The molecular formula is C17H25NO2. The fraction of sp³-hybridized carbons (Fsp3) is 0.588. The van der Waals surface area contributed by atoms with E-state index in [1.54, 1.807) is 0 Å². The highest BCUT2D eigenvalue weighted by atomic mass is 16.5. The first-order valence-corrected chi connectivity index (χ1v) is 7.64. The first-order valence-electron chi connectivity index (χ1n) is 7.64. The first-order chi connectivity index (χ1) is 9.69. The number of carbonyl (C=O) groups is 1. The summed E-state index contributed by atoms with van der Waals surface area (Å²) in [4.78, 5) is 14.0. The molecule has 20 heavy (non-hydrogen) atoms. The molecule has 1 aliphatic rings. The Morgan fingerprint density at radius 2 is 1.90 bits per heavy atom. The van der Waals surface area contributed by atoms with Crippen LogP contribution < -0.4 is 4.74 Å². The maximum absolute atomic E-state index is 12.2. The third-order valence-corrected chi connectivity index (χ3v) is 4.02. The average molecular weight is 275 g/mol. The maximum atomic E-state index is 12.2.